The molecule has 1 saturated heterocycles. The molecule has 1 atom stereocenters. The number of carbonyl (C=O) groups excluding carboxylic acids is 3. The normalized spacial score (nSPS) is 18.7. The molecule has 1 aliphatic rings. The van der Waals surface area contributed by atoms with Gasteiger partial charge in [-0.25, -0.2) is 14.3 Å². The number of nitrogens with zero attached hydrogens (tertiary/aromatic N) is 5. The van der Waals surface area contributed by atoms with Crippen molar-refractivity contribution in [2.75, 3.05) is 5.75 Å². The molecular formula is C19H19N7O3S. The molecule has 0 spiro atoms. The molecule has 3 heterocycles. The molecule has 30 heavy (non-hydrogen) atoms. The van der Waals surface area contributed by atoms with Crippen molar-refractivity contribution in [2.24, 2.45) is 0 Å². The molecule has 0 aliphatic carbocycles. The predicted octanol–water partition coefficient (Wildman–Crippen LogP) is 1.33. The smallest absolute Gasteiger partial charge is 0.318 e. The van der Waals surface area contributed by atoms with Gasteiger partial charge in [0.1, 0.15) is 5.54 Å². The third kappa shape index (κ3) is 3.47. The summed E-state index contributed by atoms with van der Waals surface area (Å²) in [6, 6.07) is 10.0. The summed E-state index contributed by atoms with van der Waals surface area (Å²) in [6.07, 6.45) is 0. The molecule has 2 aromatic heterocycles. The van der Waals surface area contributed by atoms with E-state index in [1.165, 1.54) is 0 Å². The van der Waals surface area contributed by atoms with E-state index in [0.29, 0.717) is 21.5 Å². The molecule has 1 aliphatic heterocycles. The maximum absolute atomic E-state index is 12.8. The van der Waals surface area contributed by atoms with Gasteiger partial charge in [-0.05, 0) is 32.4 Å². The molecule has 4 rings (SSSR count). The van der Waals surface area contributed by atoms with Gasteiger partial charge in [0, 0.05) is 11.4 Å². The Morgan fingerprint density at radius 3 is 2.67 bits per heavy atom. The van der Waals surface area contributed by atoms with Gasteiger partial charge in [-0.3, -0.25) is 15.0 Å². The molecule has 10 nitrogen and oxygen atoms in total. The third-order valence-corrected chi connectivity index (χ3v) is 5.55. The minimum Gasteiger partial charge on any atom is -0.318 e. The van der Waals surface area contributed by atoms with Crippen LogP contribution < -0.4 is 10.7 Å². The number of rotatable bonds is 5. The number of hydrogen-bond acceptors (Lipinski definition) is 7. The number of amides is 4. The Morgan fingerprint density at radius 1 is 1.20 bits per heavy atom. The van der Waals surface area contributed by atoms with E-state index in [1.54, 1.807) is 35.7 Å². The fourth-order valence-corrected chi connectivity index (χ4v) is 3.81. The highest BCUT2D eigenvalue weighted by atomic mass is 32.2. The summed E-state index contributed by atoms with van der Waals surface area (Å²) in [5, 5.41) is 8.03. The Morgan fingerprint density at radius 2 is 1.93 bits per heavy atom. The van der Waals surface area contributed by atoms with E-state index in [9.17, 15) is 14.4 Å². The highest BCUT2D eigenvalue weighted by Gasteiger charge is 2.49. The molecule has 3 aromatic rings. The number of aromatic nitrogens is 4. The van der Waals surface area contributed by atoms with Gasteiger partial charge in [0.25, 0.3) is 11.7 Å². The summed E-state index contributed by atoms with van der Waals surface area (Å²) >= 11 is 1.09. The van der Waals surface area contributed by atoms with Gasteiger partial charge in [-0.15, -0.1) is 5.10 Å². The Bertz CT molecular complexity index is 1160. The summed E-state index contributed by atoms with van der Waals surface area (Å²) in [6.45, 7) is 5.35. The molecule has 2 N–H and O–H groups in total. The maximum Gasteiger partial charge on any atom is 0.344 e. The quantitative estimate of drug-likeness (QED) is 0.467. The first-order valence-electron chi connectivity index (χ1n) is 9.13. The Kier molecular flexibility index (Phi) is 4.90. The zero-order chi connectivity index (χ0) is 21.5. The molecule has 0 saturated carbocycles. The number of urea groups is 1. The van der Waals surface area contributed by atoms with Crippen molar-refractivity contribution in [3.63, 3.8) is 0 Å². The van der Waals surface area contributed by atoms with Crippen LogP contribution >= 0.6 is 11.8 Å². The summed E-state index contributed by atoms with van der Waals surface area (Å²) in [4.78, 5) is 46.1. The van der Waals surface area contributed by atoms with E-state index in [0.717, 1.165) is 23.1 Å². The van der Waals surface area contributed by atoms with E-state index in [4.69, 9.17) is 0 Å². The van der Waals surface area contributed by atoms with Crippen molar-refractivity contribution >= 4 is 35.4 Å². The van der Waals surface area contributed by atoms with Gasteiger partial charge in [0.2, 0.25) is 11.1 Å². The van der Waals surface area contributed by atoms with Gasteiger partial charge < -0.3 is 5.32 Å². The third-order valence-electron chi connectivity index (χ3n) is 4.71. The average Bonchev–Trinajstić information content (AvgIpc) is 3.22. The van der Waals surface area contributed by atoms with E-state index < -0.39 is 23.4 Å². The predicted molar refractivity (Wildman–Crippen MR) is 108 cm³/mol. The molecule has 11 heteroatoms. The molecule has 1 fully saturated rings. The monoisotopic (exact) mass is 425 g/mol. The second-order valence-corrected chi connectivity index (χ2v) is 7.97. The first kappa shape index (κ1) is 19.8. The highest BCUT2D eigenvalue weighted by molar-refractivity contribution is 7.99. The van der Waals surface area contributed by atoms with Crippen LogP contribution in [0.1, 0.15) is 23.9 Å². The fraction of sp³-hybridized carbons (Fsp3) is 0.263. The van der Waals surface area contributed by atoms with Crippen LogP contribution in [0.3, 0.4) is 0 Å². The zero-order valence-corrected chi connectivity index (χ0v) is 17.4. The number of thioether (sulfide) groups is 1. The van der Waals surface area contributed by atoms with E-state index in [-0.39, 0.29) is 5.75 Å². The number of aryl methyl sites for hydroxylation is 2. The second-order valence-electron chi connectivity index (χ2n) is 7.03. The van der Waals surface area contributed by atoms with Gasteiger partial charge in [0.05, 0.1) is 5.75 Å². The number of hydrogen-bond donors (Lipinski definition) is 2. The van der Waals surface area contributed by atoms with Gasteiger partial charge >= 0.3 is 6.03 Å². The van der Waals surface area contributed by atoms with Crippen LogP contribution in [0.15, 0.2) is 41.6 Å². The first-order chi connectivity index (χ1) is 14.3. The summed E-state index contributed by atoms with van der Waals surface area (Å²) in [5.41, 5.74) is 3.44. The molecule has 0 unspecified atom stereocenters. The van der Waals surface area contributed by atoms with Crippen LogP contribution in [0.25, 0.3) is 5.78 Å². The number of benzene rings is 1. The summed E-state index contributed by atoms with van der Waals surface area (Å²) in [5.74, 6) is -0.713. The van der Waals surface area contributed by atoms with Gasteiger partial charge in [-0.1, -0.05) is 42.1 Å². The van der Waals surface area contributed by atoms with Crippen molar-refractivity contribution in [3.05, 3.63) is 53.3 Å². The molecule has 154 valence electrons. The number of imide groups is 1. The maximum atomic E-state index is 12.8. The Labute approximate surface area is 176 Å². The standard InChI is InChI=1S/C19H19N7O3S/c1-11-9-12(2)25-16(20-11)21-17(24-25)30-10-14(27)23-26-15(28)19(3,22-18(26)29)13-7-5-4-6-8-13/h4-9H,10H2,1-3H3,(H,22,29)(H,23,27)/t19-/m1/s1. The van der Waals surface area contributed by atoms with Crippen LogP contribution in [0.2, 0.25) is 0 Å². The molecule has 4 amide bonds. The second kappa shape index (κ2) is 7.41. The molecule has 0 radical (unpaired) electrons. The number of carbonyl (C=O) groups is 3. The van der Waals surface area contributed by atoms with E-state index in [2.05, 4.69) is 25.8 Å². The Balaban J connectivity index is 1.42. The molecule has 1 aromatic carbocycles. The van der Waals surface area contributed by atoms with Crippen LogP contribution in [0, 0.1) is 13.8 Å². The lowest BCUT2D eigenvalue weighted by molar-refractivity contribution is -0.138. The lowest BCUT2D eigenvalue weighted by atomic mass is 9.92. The number of nitrogens with one attached hydrogen (secondary N) is 2. The fourth-order valence-electron chi connectivity index (χ4n) is 3.20. The average molecular weight is 425 g/mol. The van der Waals surface area contributed by atoms with Crippen LogP contribution in [-0.2, 0) is 15.1 Å². The molecule has 0 bridgehead atoms. The van der Waals surface area contributed by atoms with Crippen molar-refractivity contribution in [3.8, 4) is 0 Å². The van der Waals surface area contributed by atoms with Crippen molar-refractivity contribution in [1.29, 1.82) is 0 Å². The first-order valence-corrected chi connectivity index (χ1v) is 10.1. The van der Waals surface area contributed by atoms with Crippen LogP contribution in [0.5, 0.6) is 0 Å². The lowest BCUT2D eigenvalue weighted by Gasteiger charge is -2.22. The van der Waals surface area contributed by atoms with Crippen LogP contribution in [0.4, 0.5) is 4.79 Å². The SMILES string of the molecule is Cc1cc(C)n2nc(SCC(=O)NN3C(=O)N[C@](C)(c4ccccc4)C3=O)nc2n1. The number of fused-ring (bicyclic) bond motifs is 1. The molecular weight excluding hydrogens is 406 g/mol. The summed E-state index contributed by atoms with van der Waals surface area (Å²) in [7, 11) is 0. The van der Waals surface area contributed by atoms with Gasteiger partial charge in [-0.2, -0.15) is 9.99 Å². The minimum absolute atomic E-state index is 0.0754. The van der Waals surface area contributed by atoms with Crippen molar-refractivity contribution in [2.45, 2.75) is 31.5 Å². The van der Waals surface area contributed by atoms with Crippen molar-refractivity contribution in [1.82, 2.24) is 35.3 Å². The zero-order valence-electron chi connectivity index (χ0n) is 16.5. The minimum atomic E-state index is -1.25. The van der Waals surface area contributed by atoms with E-state index in [1.807, 2.05) is 26.0 Å². The lowest BCUT2D eigenvalue weighted by Crippen LogP contribution is -2.48. The highest BCUT2D eigenvalue weighted by Crippen LogP contribution is 2.27. The largest absolute Gasteiger partial charge is 0.344 e. The van der Waals surface area contributed by atoms with Crippen LogP contribution in [-0.4, -0.2) is 48.2 Å². The summed E-state index contributed by atoms with van der Waals surface area (Å²) < 4.78 is 1.59. The van der Waals surface area contributed by atoms with Crippen molar-refractivity contribution < 1.29 is 14.4 Å². The van der Waals surface area contributed by atoms with Gasteiger partial charge in [0.15, 0.2) is 0 Å². The van der Waals surface area contributed by atoms with E-state index >= 15 is 0 Å². The Hall–Kier alpha value is -3.47. The topological polar surface area (TPSA) is 122 Å². The number of hydrazine groups is 1.